The normalized spacial score (nSPS) is 19.9. The van der Waals surface area contributed by atoms with Gasteiger partial charge in [0.05, 0.1) is 12.2 Å². The molecule has 1 aromatic carbocycles. The summed E-state index contributed by atoms with van der Waals surface area (Å²) in [5, 5.41) is 2.51. The van der Waals surface area contributed by atoms with Gasteiger partial charge in [0.2, 0.25) is 11.8 Å². The fourth-order valence-electron chi connectivity index (χ4n) is 2.13. The second-order valence-electron chi connectivity index (χ2n) is 4.36. The number of amides is 2. The molecular weight excluding hydrogens is 235 g/mol. The van der Waals surface area contributed by atoms with Crippen molar-refractivity contribution in [2.45, 2.75) is 26.3 Å². The van der Waals surface area contributed by atoms with Gasteiger partial charge in [-0.3, -0.25) is 14.5 Å². The van der Waals surface area contributed by atoms with Crippen molar-refractivity contribution in [2.75, 3.05) is 11.4 Å². The molecule has 18 heavy (non-hydrogen) atoms. The monoisotopic (exact) mass is 250 g/mol. The van der Waals surface area contributed by atoms with Crippen molar-refractivity contribution in [1.82, 2.24) is 5.32 Å². The van der Waals surface area contributed by atoms with Crippen LogP contribution in [0.15, 0.2) is 18.2 Å². The van der Waals surface area contributed by atoms with E-state index in [0.717, 1.165) is 5.56 Å². The van der Waals surface area contributed by atoms with Crippen molar-refractivity contribution in [2.24, 2.45) is 0 Å². The number of hydrogen-bond acceptors (Lipinski definition) is 2. The van der Waals surface area contributed by atoms with Gasteiger partial charge in [0.15, 0.2) is 0 Å². The summed E-state index contributed by atoms with van der Waals surface area (Å²) in [6.07, 6.45) is 0.449. The number of hydrogen-bond donors (Lipinski definition) is 1. The first-order valence-corrected chi connectivity index (χ1v) is 5.90. The zero-order valence-corrected chi connectivity index (χ0v) is 10.4. The summed E-state index contributed by atoms with van der Waals surface area (Å²) < 4.78 is 13.8. The summed E-state index contributed by atoms with van der Waals surface area (Å²) in [5.74, 6) is -1.01. The minimum Gasteiger partial charge on any atom is -0.345 e. The van der Waals surface area contributed by atoms with E-state index in [4.69, 9.17) is 0 Å². The fourth-order valence-corrected chi connectivity index (χ4v) is 2.13. The van der Waals surface area contributed by atoms with Crippen molar-refractivity contribution in [1.29, 1.82) is 0 Å². The Labute approximate surface area is 105 Å². The highest BCUT2D eigenvalue weighted by Gasteiger charge is 2.35. The number of nitrogens with zero attached hydrogens (tertiary/aromatic N) is 1. The minimum absolute atomic E-state index is 0.0806. The molecule has 0 saturated carbocycles. The molecule has 0 aromatic heterocycles. The van der Waals surface area contributed by atoms with Gasteiger partial charge in [-0.25, -0.2) is 4.39 Å². The Bertz CT molecular complexity index is 502. The summed E-state index contributed by atoms with van der Waals surface area (Å²) in [7, 11) is 0. The number of halogens is 1. The van der Waals surface area contributed by atoms with Crippen molar-refractivity contribution in [3.05, 3.63) is 29.6 Å². The summed E-state index contributed by atoms with van der Waals surface area (Å²) >= 11 is 0. The summed E-state index contributed by atoms with van der Waals surface area (Å²) in [6.45, 7) is 3.53. The van der Waals surface area contributed by atoms with Crippen LogP contribution in [0, 0.1) is 12.7 Å². The van der Waals surface area contributed by atoms with Gasteiger partial charge in [-0.15, -0.1) is 0 Å². The minimum atomic E-state index is -0.637. The molecule has 2 rings (SSSR count). The lowest BCUT2D eigenvalue weighted by Crippen LogP contribution is -2.58. The first-order chi connectivity index (χ1) is 8.54. The SMILES string of the molecule is CCC1C(=O)NCC(=O)N1c1cc(C)ccc1F. The van der Waals surface area contributed by atoms with Gasteiger partial charge in [-0.2, -0.15) is 0 Å². The molecule has 0 spiro atoms. The van der Waals surface area contributed by atoms with E-state index in [0.29, 0.717) is 6.42 Å². The first-order valence-electron chi connectivity index (χ1n) is 5.90. The van der Waals surface area contributed by atoms with E-state index in [1.807, 2.05) is 6.92 Å². The Morgan fingerprint density at radius 3 is 2.83 bits per heavy atom. The average Bonchev–Trinajstić information content (AvgIpc) is 2.35. The van der Waals surface area contributed by atoms with Gasteiger partial charge in [-0.05, 0) is 31.0 Å². The molecule has 1 aliphatic rings. The molecule has 96 valence electrons. The predicted octanol–water partition coefficient (Wildman–Crippen LogP) is 1.38. The number of rotatable bonds is 2. The molecule has 1 aromatic rings. The van der Waals surface area contributed by atoms with E-state index >= 15 is 0 Å². The third kappa shape index (κ3) is 2.08. The van der Waals surface area contributed by atoms with E-state index in [2.05, 4.69) is 5.32 Å². The number of carbonyl (C=O) groups is 2. The van der Waals surface area contributed by atoms with Crippen LogP contribution >= 0.6 is 0 Å². The van der Waals surface area contributed by atoms with Crippen LogP contribution in [0.25, 0.3) is 0 Å². The van der Waals surface area contributed by atoms with E-state index in [-0.39, 0.29) is 24.0 Å². The molecule has 4 nitrogen and oxygen atoms in total. The molecule has 2 amide bonds. The first kappa shape index (κ1) is 12.5. The Kier molecular flexibility index (Phi) is 3.32. The molecule has 1 atom stereocenters. The van der Waals surface area contributed by atoms with E-state index in [1.165, 1.54) is 11.0 Å². The number of anilines is 1. The van der Waals surface area contributed by atoms with E-state index in [9.17, 15) is 14.0 Å². The Hall–Kier alpha value is -1.91. The van der Waals surface area contributed by atoms with Crippen LogP contribution < -0.4 is 10.2 Å². The number of benzene rings is 1. The van der Waals surface area contributed by atoms with Gasteiger partial charge in [0.1, 0.15) is 11.9 Å². The van der Waals surface area contributed by atoms with Crippen LogP contribution in [0.3, 0.4) is 0 Å². The third-order valence-corrected chi connectivity index (χ3v) is 3.04. The largest absolute Gasteiger partial charge is 0.345 e. The molecule has 1 unspecified atom stereocenters. The molecule has 1 aliphatic heterocycles. The molecule has 5 heteroatoms. The number of nitrogens with one attached hydrogen (secondary N) is 1. The Morgan fingerprint density at radius 1 is 1.44 bits per heavy atom. The van der Waals surface area contributed by atoms with Crippen LogP contribution in [-0.4, -0.2) is 24.4 Å². The molecule has 0 aliphatic carbocycles. The van der Waals surface area contributed by atoms with Crippen LogP contribution in [0.1, 0.15) is 18.9 Å². The van der Waals surface area contributed by atoms with Crippen LogP contribution in [0.5, 0.6) is 0 Å². The highest BCUT2D eigenvalue weighted by molar-refractivity contribution is 6.06. The van der Waals surface area contributed by atoms with Crippen LogP contribution in [-0.2, 0) is 9.59 Å². The summed E-state index contributed by atoms with van der Waals surface area (Å²) in [6, 6.07) is 3.91. The van der Waals surface area contributed by atoms with E-state index in [1.54, 1.807) is 19.1 Å². The van der Waals surface area contributed by atoms with Gasteiger partial charge in [0, 0.05) is 0 Å². The summed E-state index contributed by atoms with van der Waals surface area (Å²) in [5.41, 5.74) is 1.03. The van der Waals surface area contributed by atoms with Crippen molar-refractivity contribution < 1.29 is 14.0 Å². The fraction of sp³-hybridized carbons (Fsp3) is 0.385. The van der Waals surface area contributed by atoms with Crippen LogP contribution in [0.4, 0.5) is 10.1 Å². The molecule has 1 N–H and O–H groups in total. The van der Waals surface area contributed by atoms with Crippen LogP contribution in [0.2, 0.25) is 0 Å². The maximum Gasteiger partial charge on any atom is 0.247 e. The van der Waals surface area contributed by atoms with E-state index < -0.39 is 11.9 Å². The zero-order chi connectivity index (χ0) is 13.3. The topological polar surface area (TPSA) is 49.4 Å². The maximum absolute atomic E-state index is 13.8. The predicted molar refractivity (Wildman–Crippen MR) is 65.7 cm³/mol. The standard InChI is InChI=1S/C13H15FN2O2/c1-3-10-13(18)15-7-12(17)16(10)11-6-8(2)4-5-9(11)14/h4-6,10H,3,7H2,1-2H3,(H,15,18). The quantitative estimate of drug-likeness (QED) is 0.862. The number of piperazine rings is 1. The average molecular weight is 250 g/mol. The zero-order valence-electron chi connectivity index (χ0n) is 10.4. The van der Waals surface area contributed by atoms with Gasteiger partial charge >= 0.3 is 0 Å². The second-order valence-corrected chi connectivity index (χ2v) is 4.36. The Morgan fingerprint density at radius 2 is 2.17 bits per heavy atom. The number of aryl methyl sites for hydroxylation is 1. The highest BCUT2D eigenvalue weighted by atomic mass is 19.1. The lowest BCUT2D eigenvalue weighted by molar-refractivity contribution is -0.131. The Balaban J connectivity index is 2.47. The van der Waals surface area contributed by atoms with Crippen molar-refractivity contribution in [3.63, 3.8) is 0 Å². The molecule has 1 fully saturated rings. The number of carbonyl (C=O) groups excluding carboxylic acids is 2. The van der Waals surface area contributed by atoms with Crippen molar-refractivity contribution >= 4 is 17.5 Å². The molecule has 1 heterocycles. The lowest BCUT2D eigenvalue weighted by atomic mass is 10.1. The smallest absolute Gasteiger partial charge is 0.247 e. The van der Waals surface area contributed by atoms with Gasteiger partial charge in [0.25, 0.3) is 0 Å². The molecule has 0 radical (unpaired) electrons. The van der Waals surface area contributed by atoms with Crippen molar-refractivity contribution in [3.8, 4) is 0 Å². The second kappa shape index (κ2) is 4.76. The highest BCUT2D eigenvalue weighted by Crippen LogP contribution is 2.25. The molecular formula is C13H15FN2O2. The van der Waals surface area contributed by atoms with Gasteiger partial charge in [-0.1, -0.05) is 13.0 Å². The van der Waals surface area contributed by atoms with Gasteiger partial charge < -0.3 is 5.32 Å². The lowest BCUT2D eigenvalue weighted by Gasteiger charge is -2.34. The third-order valence-electron chi connectivity index (χ3n) is 3.04. The maximum atomic E-state index is 13.8. The molecule has 0 bridgehead atoms. The summed E-state index contributed by atoms with van der Waals surface area (Å²) in [4.78, 5) is 24.9. The molecule has 1 saturated heterocycles.